The Labute approximate surface area is 151 Å². The SMILES string of the molecule is COc1ccc(Cl)cc1C(=O)NCCc1cccc(CCC(=O)O)c1. The molecular formula is C19H20ClNO4. The fourth-order valence-electron chi connectivity index (χ4n) is 2.47. The highest BCUT2D eigenvalue weighted by molar-refractivity contribution is 6.31. The maximum Gasteiger partial charge on any atom is 0.303 e. The second-order valence-electron chi connectivity index (χ2n) is 5.56. The van der Waals surface area contributed by atoms with Crippen LogP contribution < -0.4 is 10.1 Å². The first kappa shape index (κ1) is 18.8. The standard InChI is InChI=1S/C19H20ClNO4/c1-25-17-7-6-15(20)12-16(17)19(24)21-10-9-14-4-2-3-13(11-14)5-8-18(22)23/h2-4,6-7,11-12H,5,8-10H2,1H3,(H,21,24)(H,22,23). The third-order valence-electron chi connectivity index (χ3n) is 3.72. The molecule has 2 aromatic rings. The molecule has 0 radical (unpaired) electrons. The molecule has 25 heavy (non-hydrogen) atoms. The Hall–Kier alpha value is -2.53. The van der Waals surface area contributed by atoms with Crippen molar-refractivity contribution in [2.45, 2.75) is 19.3 Å². The van der Waals surface area contributed by atoms with Crippen molar-refractivity contribution in [1.82, 2.24) is 5.32 Å². The Balaban J connectivity index is 1.92. The Morgan fingerprint density at radius 1 is 1.12 bits per heavy atom. The van der Waals surface area contributed by atoms with Crippen LogP contribution >= 0.6 is 11.6 Å². The molecule has 2 rings (SSSR count). The van der Waals surface area contributed by atoms with E-state index in [9.17, 15) is 9.59 Å². The fraction of sp³-hybridized carbons (Fsp3) is 0.263. The molecule has 0 aliphatic rings. The Kier molecular flexibility index (Phi) is 6.83. The number of methoxy groups -OCH3 is 1. The smallest absolute Gasteiger partial charge is 0.303 e. The maximum atomic E-state index is 12.3. The van der Waals surface area contributed by atoms with Crippen molar-refractivity contribution >= 4 is 23.5 Å². The summed E-state index contributed by atoms with van der Waals surface area (Å²) in [6.07, 6.45) is 1.25. The third-order valence-corrected chi connectivity index (χ3v) is 3.96. The molecule has 0 heterocycles. The van der Waals surface area contributed by atoms with E-state index in [-0.39, 0.29) is 12.3 Å². The van der Waals surface area contributed by atoms with Gasteiger partial charge in [0.2, 0.25) is 0 Å². The van der Waals surface area contributed by atoms with Crippen LogP contribution in [0.3, 0.4) is 0 Å². The van der Waals surface area contributed by atoms with Crippen LogP contribution in [0.2, 0.25) is 5.02 Å². The fourth-order valence-corrected chi connectivity index (χ4v) is 2.64. The lowest BCUT2D eigenvalue weighted by molar-refractivity contribution is -0.136. The summed E-state index contributed by atoms with van der Waals surface area (Å²) in [6.45, 7) is 0.455. The first-order valence-electron chi connectivity index (χ1n) is 7.91. The van der Waals surface area contributed by atoms with Gasteiger partial charge in [-0.15, -0.1) is 0 Å². The Morgan fingerprint density at radius 2 is 1.84 bits per heavy atom. The molecule has 0 unspecified atom stereocenters. The van der Waals surface area contributed by atoms with E-state index >= 15 is 0 Å². The van der Waals surface area contributed by atoms with Crippen LogP contribution in [0.5, 0.6) is 5.75 Å². The van der Waals surface area contributed by atoms with E-state index < -0.39 is 5.97 Å². The summed E-state index contributed by atoms with van der Waals surface area (Å²) in [7, 11) is 1.50. The quantitative estimate of drug-likeness (QED) is 0.756. The van der Waals surface area contributed by atoms with Crippen molar-refractivity contribution in [3.05, 3.63) is 64.2 Å². The molecule has 0 spiro atoms. The molecule has 5 nitrogen and oxygen atoms in total. The Bertz CT molecular complexity index is 761. The minimum atomic E-state index is -0.812. The predicted molar refractivity (Wildman–Crippen MR) is 96.4 cm³/mol. The average molecular weight is 362 g/mol. The Morgan fingerprint density at radius 3 is 2.52 bits per heavy atom. The van der Waals surface area contributed by atoms with Gasteiger partial charge >= 0.3 is 5.97 Å². The number of hydrogen-bond donors (Lipinski definition) is 2. The lowest BCUT2D eigenvalue weighted by Crippen LogP contribution is -2.26. The van der Waals surface area contributed by atoms with Crippen LogP contribution in [-0.2, 0) is 17.6 Å². The van der Waals surface area contributed by atoms with E-state index in [0.717, 1.165) is 11.1 Å². The number of carbonyl (C=O) groups is 2. The van der Waals surface area contributed by atoms with E-state index in [1.54, 1.807) is 18.2 Å². The van der Waals surface area contributed by atoms with Crippen LogP contribution in [0.25, 0.3) is 0 Å². The number of benzene rings is 2. The zero-order valence-electron chi connectivity index (χ0n) is 13.9. The molecule has 0 fully saturated rings. The lowest BCUT2D eigenvalue weighted by atomic mass is 10.0. The molecule has 1 amide bonds. The largest absolute Gasteiger partial charge is 0.496 e. The predicted octanol–water partition coefficient (Wildman–Crippen LogP) is 3.34. The molecule has 0 aromatic heterocycles. The highest BCUT2D eigenvalue weighted by Crippen LogP contribution is 2.22. The van der Waals surface area contributed by atoms with Crippen molar-refractivity contribution in [2.75, 3.05) is 13.7 Å². The van der Waals surface area contributed by atoms with Gasteiger partial charge in [-0.05, 0) is 42.2 Å². The lowest BCUT2D eigenvalue weighted by Gasteiger charge is -2.10. The molecule has 2 N–H and O–H groups in total. The number of aryl methyl sites for hydroxylation is 1. The molecule has 0 aliphatic carbocycles. The maximum absolute atomic E-state index is 12.3. The highest BCUT2D eigenvalue weighted by Gasteiger charge is 2.12. The number of rotatable bonds is 8. The first-order valence-corrected chi connectivity index (χ1v) is 8.28. The van der Waals surface area contributed by atoms with E-state index in [1.807, 2.05) is 24.3 Å². The van der Waals surface area contributed by atoms with Crippen LogP contribution in [0.15, 0.2) is 42.5 Å². The zero-order valence-corrected chi connectivity index (χ0v) is 14.7. The number of hydrogen-bond acceptors (Lipinski definition) is 3. The number of amides is 1. The van der Waals surface area contributed by atoms with E-state index in [2.05, 4.69) is 5.32 Å². The van der Waals surface area contributed by atoms with Gasteiger partial charge < -0.3 is 15.2 Å². The van der Waals surface area contributed by atoms with Crippen molar-refractivity contribution in [1.29, 1.82) is 0 Å². The zero-order chi connectivity index (χ0) is 18.2. The van der Waals surface area contributed by atoms with Crippen LogP contribution in [0, 0.1) is 0 Å². The second-order valence-corrected chi connectivity index (χ2v) is 6.00. The van der Waals surface area contributed by atoms with E-state index in [1.165, 1.54) is 7.11 Å². The van der Waals surface area contributed by atoms with Gasteiger partial charge in [0, 0.05) is 18.0 Å². The van der Waals surface area contributed by atoms with Crippen molar-refractivity contribution in [3.63, 3.8) is 0 Å². The first-order chi connectivity index (χ1) is 12.0. The highest BCUT2D eigenvalue weighted by atomic mass is 35.5. The molecule has 0 atom stereocenters. The van der Waals surface area contributed by atoms with Gasteiger partial charge in [0.1, 0.15) is 5.75 Å². The summed E-state index contributed by atoms with van der Waals surface area (Å²) in [4.78, 5) is 22.9. The summed E-state index contributed by atoms with van der Waals surface area (Å²) in [5.41, 5.74) is 2.41. The molecule has 0 aliphatic heterocycles. The topological polar surface area (TPSA) is 75.6 Å². The average Bonchev–Trinajstić information content (AvgIpc) is 2.60. The van der Waals surface area contributed by atoms with Gasteiger partial charge in [0.15, 0.2) is 0 Å². The number of ether oxygens (including phenoxy) is 1. The molecule has 0 saturated heterocycles. The number of aliphatic carboxylic acids is 1. The van der Waals surface area contributed by atoms with Crippen molar-refractivity contribution in [3.8, 4) is 5.75 Å². The van der Waals surface area contributed by atoms with Gasteiger partial charge in [-0.3, -0.25) is 9.59 Å². The monoisotopic (exact) mass is 361 g/mol. The summed E-state index contributed by atoms with van der Waals surface area (Å²) >= 11 is 5.94. The van der Waals surface area contributed by atoms with E-state index in [0.29, 0.717) is 35.7 Å². The molecule has 6 heteroatoms. The van der Waals surface area contributed by atoms with Gasteiger partial charge in [-0.1, -0.05) is 35.9 Å². The second kappa shape index (κ2) is 9.08. The van der Waals surface area contributed by atoms with Gasteiger partial charge in [-0.25, -0.2) is 0 Å². The van der Waals surface area contributed by atoms with Crippen LogP contribution in [0.1, 0.15) is 27.9 Å². The molecule has 2 aromatic carbocycles. The normalized spacial score (nSPS) is 10.3. The number of carboxylic acid groups (broad SMARTS) is 1. The number of carboxylic acids is 1. The molecule has 0 bridgehead atoms. The van der Waals surface area contributed by atoms with Crippen LogP contribution in [-0.4, -0.2) is 30.6 Å². The van der Waals surface area contributed by atoms with Gasteiger partial charge in [-0.2, -0.15) is 0 Å². The number of nitrogens with one attached hydrogen (secondary N) is 1. The molecule has 0 saturated carbocycles. The summed E-state index contributed by atoms with van der Waals surface area (Å²) < 4.78 is 5.18. The third kappa shape index (κ3) is 5.80. The van der Waals surface area contributed by atoms with Gasteiger partial charge in [0.25, 0.3) is 5.91 Å². The van der Waals surface area contributed by atoms with Crippen molar-refractivity contribution < 1.29 is 19.4 Å². The minimum Gasteiger partial charge on any atom is -0.496 e. The number of halogens is 1. The summed E-state index contributed by atoms with van der Waals surface area (Å²) in [5, 5.41) is 12.1. The van der Waals surface area contributed by atoms with Crippen molar-refractivity contribution in [2.24, 2.45) is 0 Å². The summed E-state index contributed by atoms with van der Waals surface area (Å²) in [6, 6.07) is 12.6. The molecule has 132 valence electrons. The van der Waals surface area contributed by atoms with Crippen LogP contribution in [0.4, 0.5) is 0 Å². The van der Waals surface area contributed by atoms with E-state index in [4.69, 9.17) is 21.4 Å². The number of carbonyl (C=O) groups excluding carboxylic acids is 1. The summed E-state index contributed by atoms with van der Waals surface area (Å²) in [5.74, 6) is -0.591. The molecular weight excluding hydrogens is 342 g/mol. The minimum absolute atomic E-state index is 0.106. The van der Waals surface area contributed by atoms with Gasteiger partial charge in [0.05, 0.1) is 12.7 Å².